The highest BCUT2D eigenvalue weighted by molar-refractivity contribution is 5.25. The van der Waals surface area contributed by atoms with Gasteiger partial charge in [0, 0.05) is 10.8 Å². The lowest BCUT2D eigenvalue weighted by Crippen LogP contribution is -2.44. The van der Waals surface area contributed by atoms with Crippen molar-refractivity contribution in [3.8, 4) is 11.8 Å². The Kier molecular flexibility index (Phi) is 5.08. The van der Waals surface area contributed by atoms with Gasteiger partial charge in [0.2, 0.25) is 0 Å². The predicted molar refractivity (Wildman–Crippen MR) is 77.2 cm³/mol. The zero-order chi connectivity index (χ0) is 14.8. The van der Waals surface area contributed by atoms with Crippen molar-refractivity contribution < 1.29 is 10.2 Å². The van der Waals surface area contributed by atoms with Crippen molar-refractivity contribution in [1.29, 1.82) is 0 Å². The van der Waals surface area contributed by atoms with Crippen LogP contribution in [-0.4, -0.2) is 21.4 Å². The molecule has 0 aliphatic rings. The van der Waals surface area contributed by atoms with Gasteiger partial charge in [-0.25, -0.2) is 0 Å². The Labute approximate surface area is 113 Å². The molecule has 0 saturated carbocycles. The lowest BCUT2D eigenvalue weighted by Gasteiger charge is -2.38. The van der Waals surface area contributed by atoms with Gasteiger partial charge in [-0.1, -0.05) is 67.2 Å². The molecule has 18 heavy (non-hydrogen) atoms. The molecule has 0 aromatic heterocycles. The molecule has 0 bridgehead atoms. The predicted octanol–water partition coefficient (Wildman–Crippen LogP) is 3.36. The fourth-order valence-corrected chi connectivity index (χ4v) is 1.82. The highest BCUT2D eigenvalue weighted by atomic mass is 16.3. The molecule has 0 fully saturated rings. The molecule has 0 amide bonds. The van der Waals surface area contributed by atoms with Gasteiger partial charge in [-0.05, 0) is 12.8 Å². The molecule has 0 aliphatic heterocycles. The molecule has 0 rings (SSSR count). The second-order valence-corrected chi connectivity index (χ2v) is 7.18. The van der Waals surface area contributed by atoms with Crippen LogP contribution in [0.1, 0.15) is 68.2 Å². The van der Waals surface area contributed by atoms with Crippen LogP contribution < -0.4 is 0 Å². The van der Waals surface area contributed by atoms with Crippen LogP contribution in [0.3, 0.4) is 0 Å². The van der Waals surface area contributed by atoms with Crippen molar-refractivity contribution in [3.05, 3.63) is 0 Å². The average molecular weight is 254 g/mol. The SMILES string of the molecule is CCC(O)(C#CC(O)(CC)C(C)(C)C)C(C)(C)C. The maximum Gasteiger partial charge on any atom is 0.130 e. The quantitative estimate of drug-likeness (QED) is 0.742. The van der Waals surface area contributed by atoms with E-state index in [2.05, 4.69) is 11.8 Å². The molecule has 2 nitrogen and oxygen atoms in total. The standard InChI is InChI=1S/C16H30O2/c1-9-15(17,13(3,4)5)11-12-16(18,10-2)14(6,7)8/h17-18H,9-10H2,1-8H3. The zero-order valence-electron chi connectivity index (χ0n) is 13.3. The molecule has 106 valence electrons. The fraction of sp³-hybridized carbons (Fsp3) is 0.875. The van der Waals surface area contributed by atoms with Gasteiger partial charge >= 0.3 is 0 Å². The Morgan fingerprint density at radius 1 is 0.667 bits per heavy atom. The Bertz CT molecular complexity index is 303. The van der Waals surface area contributed by atoms with E-state index in [4.69, 9.17) is 0 Å². The Morgan fingerprint density at radius 2 is 0.889 bits per heavy atom. The summed E-state index contributed by atoms with van der Waals surface area (Å²) in [5.74, 6) is 5.88. The van der Waals surface area contributed by atoms with Gasteiger partial charge in [0.25, 0.3) is 0 Å². The van der Waals surface area contributed by atoms with E-state index in [-0.39, 0.29) is 10.8 Å². The van der Waals surface area contributed by atoms with Crippen molar-refractivity contribution in [3.63, 3.8) is 0 Å². The van der Waals surface area contributed by atoms with E-state index < -0.39 is 11.2 Å². The molecule has 2 heteroatoms. The van der Waals surface area contributed by atoms with Crippen molar-refractivity contribution >= 4 is 0 Å². The van der Waals surface area contributed by atoms with Crippen LogP contribution in [0.5, 0.6) is 0 Å². The van der Waals surface area contributed by atoms with Gasteiger partial charge in [-0.15, -0.1) is 0 Å². The summed E-state index contributed by atoms with van der Waals surface area (Å²) in [6, 6.07) is 0. The third-order valence-corrected chi connectivity index (χ3v) is 3.98. The number of rotatable bonds is 2. The van der Waals surface area contributed by atoms with Crippen LogP contribution in [-0.2, 0) is 0 Å². The first-order chi connectivity index (χ1) is 7.83. The highest BCUT2D eigenvalue weighted by Crippen LogP contribution is 2.35. The van der Waals surface area contributed by atoms with Crippen LogP contribution >= 0.6 is 0 Å². The molecule has 0 spiro atoms. The Balaban J connectivity index is 5.51. The monoisotopic (exact) mass is 254 g/mol. The number of hydrogen-bond donors (Lipinski definition) is 2. The van der Waals surface area contributed by atoms with Crippen LogP contribution in [0.2, 0.25) is 0 Å². The van der Waals surface area contributed by atoms with Crippen molar-refractivity contribution in [2.45, 2.75) is 79.4 Å². The maximum absolute atomic E-state index is 10.6. The second-order valence-electron chi connectivity index (χ2n) is 7.18. The van der Waals surface area contributed by atoms with Gasteiger partial charge < -0.3 is 10.2 Å². The van der Waals surface area contributed by atoms with Crippen LogP contribution in [0.15, 0.2) is 0 Å². The summed E-state index contributed by atoms with van der Waals surface area (Å²) in [6.07, 6.45) is 1.10. The van der Waals surface area contributed by atoms with E-state index in [0.29, 0.717) is 12.8 Å². The second kappa shape index (κ2) is 5.23. The first-order valence-corrected chi connectivity index (χ1v) is 6.82. The van der Waals surface area contributed by atoms with Gasteiger partial charge in [0.1, 0.15) is 11.2 Å². The molecule has 0 heterocycles. The minimum Gasteiger partial charge on any atom is -0.377 e. The van der Waals surface area contributed by atoms with Crippen LogP contribution in [0.4, 0.5) is 0 Å². The van der Waals surface area contributed by atoms with Crippen LogP contribution in [0.25, 0.3) is 0 Å². The molecule has 0 aromatic carbocycles. The van der Waals surface area contributed by atoms with E-state index in [0.717, 1.165) is 0 Å². The molecule has 2 N–H and O–H groups in total. The summed E-state index contributed by atoms with van der Waals surface area (Å²) in [5, 5.41) is 21.2. The van der Waals surface area contributed by atoms with Crippen molar-refractivity contribution in [1.82, 2.24) is 0 Å². The molecular formula is C16H30O2. The lowest BCUT2D eigenvalue weighted by molar-refractivity contribution is -0.0179. The van der Waals surface area contributed by atoms with Crippen molar-refractivity contribution in [2.24, 2.45) is 10.8 Å². The first kappa shape index (κ1) is 17.5. The minimum absolute atomic E-state index is 0.332. The molecular weight excluding hydrogens is 224 g/mol. The number of hydrogen-bond acceptors (Lipinski definition) is 2. The van der Waals surface area contributed by atoms with E-state index in [1.165, 1.54) is 0 Å². The summed E-state index contributed by atoms with van der Waals surface area (Å²) in [4.78, 5) is 0. The summed E-state index contributed by atoms with van der Waals surface area (Å²) >= 11 is 0. The molecule has 0 aliphatic carbocycles. The third-order valence-electron chi connectivity index (χ3n) is 3.98. The van der Waals surface area contributed by atoms with Gasteiger partial charge in [-0.2, -0.15) is 0 Å². The molecule has 0 aromatic rings. The molecule has 2 atom stereocenters. The molecule has 0 saturated heterocycles. The average Bonchev–Trinajstić information content (AvgIpc) is 2.22. The molecule has 0 radical (unpaired) electrons. The van der Waals surface area contributed by atoms with E-state index in [9.17, 15) is 10.2 Å². The summed E-state index contributed by atoms with van der Waals surface area (Å²) in [5.41, 5.74) is -2.80. The van der Waals surface area contributed by atoms with E-state index in [1.807, 2.05) is 55.4 Å². The fourth-order valence-electron chi connectivity index (χ4n) is 1.82. The van der Waals surface area contributed by atoms with Gasteiger partial charge in [0.05, 0.1) is 0 Å². The Hall–Kier alpha value is -0.520. The first-order valence-electron chi connectivity index (χ1n) is 6.82. The normalized spacial score (nSPS) is 19.4. The summed E-state index contributed by atoms with van der Waals surface area (Å²) < 4.78 is 0. The zero-order valence-corrected chi connectivity index (χ0v) is 13.3. The van der Waals surface area contributed by atoms with Gasteiger partial charge in [0.15, 0.2) is 0 Å². The maximum atomic E-state index is 10.6. The van der Waals surface area contributed by atoms with Crippen molar-refractivity contribution in [2.75, 3.05) is 0 Å². The topological polar surface area (TPSA) is 40.5 Å². The Morgan fingerprint density at radius 3 is 1.00 bits per heavy atom. The minimum atomic E-state index is -1.07. The highest BCUT2D eigenvalue weighted by Gasteiger charge is 2.40. The molecule has 2 unspecified atom stereocenters. The largest absolute Gasteiger partial charge is 0.377 e. The van der Waals surface area contributed by atoms with Gasteiger partial charge in [-0.3, -0.25) is 0 Å². The van der Waals surface area contributed by atoms with E-state index in [1.54, 1.807) is 0 Å². The van der Waals surface area contributed by atoms with Crippen LogP contribution in [0, 0.1) is 22.7 Å². The third kappa shape index (κ3) is 3.49. The number of aliphatic hydroxyl groups is 2. The summed E-state index contributed by atoms with van der Waals surface area (Å²) in [7, 11) is 0. The summed E-state index contributed by atoms with van der Waals surface area (Å²) in [6.45, 7) is 15.6. The smallest absolute Gasteiger partial charge is 0.130 e. The van der Waals surface area contributed by atoms with E-state index >= 15 is 0 Å². The lowest BCUT2D eigenvalue weighted by atomic mass is 9.72.